The van der Waals surface area contributed by atoms with Gasteiger partial charge in [-0.2, -0.15) is 8.42 Å². The highest BCUT2D eigenvalue weighted by Gasteiger charge is 2.31. The van der Waals surface area contributed by atoms with Gasteiger partial charge < -0.3 is 15.2 Å². The Morgan fingerprint density at radius 3 is 2.17 bits per heavy atom. The lowest BCUT2D eigenvalue weighted by molar-refractivity contribution is -0.143. The molecule has 0 bridgehead atoms. The number of amides is 1. The molecule has 0 saturated heterocycles. The minimum atomic E-state index is -4.56. The Labute approximate surface area is 140 Å². The fraction of sp³-hybridized carbons (Fsp3) is 0.500. The van der Waals surface area contributed by atoms with Crippen LogP contribution < -0.4 is 5.32 Å². The van der Waals surface area contributed by atoms with Gasteiger partial charge in [0.15, 0.2) is 5.37 Å². The lowest BCUT2D eigenvalue weighted by Crippen LogP contribution is -2.45. The van der Waals surface area contributed by atoms with Crippen molar-refractivity contribution >= 4 is 28.0 Å². The van der Waals surface area contributed by atoms with Gasteiger partial charge in [-0.15, -0.1) is 0 Å². The lowest BCUT2D eigenvalue weighted by atomic mass is 10.1. The van der Waals surface area contributed by atoms with Gasteiger partial charge in [-0.25, -0.2) is 4.79 Å². The fourth-order valence-electron chi connectivity index (χ4n) is 1.52. The van der Waals surface area contributed by atoms with E-state index in [9.17, 15) is 27.4 Å². The molecular weight excluding hydrogens is 342 g/mol. The van der Waals surface area contributed by atoms with Crippen LogP contribution in [-0.4, -0.2) is 47.9 Å². The highest BCUT2D eigenvalue weighted by Crippen LogP contribution is 2.15. The molecule has 9 nitrogen and oxygen atoms in total. The third kappa shape index (κ3) is 6.92. The number of carboxylic acids is 1. The van der Waals surface area contributed by atoms with Crippen molar-refractivity contribution < 1.29 is 37.2 Å². The van der Waals surface area contributed by atoms with Crippen LogP contribution in [0.1, 0.15) is 26.7 Å². The van der Waals surface area contributed by atoms with Crippen molar-refractivity contribution in [2.45, 2.75) is 32.1 Å². The molecule has 2 unspecified atom stereocenters. The Balaban J connectivity index is 4.91. The summed E-state index contributed by atoms with van der Waals surface area (Å²) in [6.07, 6.45) is -0.0636. The maximum Gasteiger partial charge on any atom is 0.338 e. The van der Waals surface area contributed by atoms with Crippen molar-refractivity contribution in [1.29, 1.82) is 0 Å². The van der Waals surface area contributed by atoms with Crippen LogP contribution in [-0.2, 0) is 29.2 Å². The molecule has 1 amide bonds. The highest BCUT2D eigenvalue weighted by atomic mass is 32.2. The topological polar surface area (TPSA) is 147 Å². The number of nitrogens with one attached hydrogen (secondary N) is 1. The van der Waals surface area contributed by atoms with E-state index in [0.717, 1.165) is 0 Å². The summed E-state index contributed by atoms with van der Waals surface area (Å²) in [6, 6.07) is 0. The van der Waals surface area contributed by atoms with Crippen LogP contribution in [0.3, 0.4) is 0 Å². The first kappa shape index (κ1) is 21.8. The number of rotatable bonds is 10. The Morgan fingerprint density at radius 2 is 1.75 bits per heavy atom. The first-order valence-electron chi connectivity index (χ1n) is 6.96. The van der Waals surface area contributed by atoms with E-state index in [1.54, 1.807) is 6.92 Å². The molecule has 0 fully saturated rings. The van der Waals surface area contributed by atoms with Gasteiger partial charge in [0.1, 0.15) is 6.61 Å². The van der Waals surface area contributed by atoms with Gasteiger partial charge in [-0.05, 0) is 5.92 Å². The van der Waals surface area contributed by atoms with Crippen molar-refractivity contribution in [2.75, 3.05) is 6.61 Å². The molecule has 0 heterocycles. The molecule has 0 aliphatic heterocycles. The third-order valence-corrected chi connectivity index (χ3v) is 4.41. The molecule has 24 heavy (non-hydrogen) atoms. The van der Waals surface area contributed by atoms with Gasteiger partial charge in [0.25, 0.3) is 16.0 Å². The number of hydrogen-bond acceptors (Lipinski definition) is 6. The Morgan fingerprint density at radius 1 is 1.21 bits per heavy atom. The van der Waals surface area contributed by atoms with Crippen LogP contribution in [0.25, 0.3) is 0 Å². The summed E-state index contributed by atoms with van der Waals surface area (Å²) < 4.78 is 36.5. The number of carbonyl (C=O) groups excluding carboxylic acids is 2. The smallest absolute Gasteiger partial charge is 0.338 e. The maximum atomic E-state index is 12.0. The molecule has 3 N–H and O–H groups in total. The first-order valence-corrected chi connectivity index (χ1v) is 8.46. The maximum absolute atomic E-state index is 12.0. The molecule has 0 spiro atoms. The number of hydrogen-bond donors (Lipinski definition) is 3. The Bertz CT molecular complexity index is 637. The normalized spacial score (nSPS) is 13.5. The summed E-state index contributed by atoms with van der Waals surface area (Å²) >= 11 is 0. The average molecular weight is 363 g/mol. The van der Waals surface area contributed by atoms with E-state index in [1.165, 1.54) is 6.92 Å². The van der Waals surface area contributed by atoms with Crippen molar-refractivity contribution in [2.24, 2.45) is 5.92 Å². The van der Waals surface area contributed by atoms with Crippen molar-refractivity contribution in [3.63, 3.8) is 0 Å². The molecule has 0 aliphatic carbocycles. The van der Waals surface area contributed by atoms with E-state index < -0.39 is 63.4 Å². The van der Waals surface area contributed by atoms with E-state index >= 15 is 0 Å². The quantitative estimate of drug-likeness (QED) is 0.220. The second-order valence-electron chi connectivity index (χ2n) is 5.03. The monoisotopic (exact) mass is 363 g/mol. The number of ether oxygens (including phenoxy) is 1. The summed E-state index contributed by atoms with van der Waals surface area (Å²) in [4.78, 5) is 33.9. The van der Waals surface area contributed by atoms with Crippen molar-refractivity contribution in [1.82, 2.24) is 5.32 Å². The molecule has 2 atom stereocenters. The van der Waals surface area contributed by atoms with Gasteiger partial charge in [-0.1, -0.05) is 33.4 Å². The van der Waals surface area contributed by atoms with E-state index in [4.69, 9.17) is 5.11 Å². The zero-order valence-electron chi connectivity index (χ0n) is 13.4. The number of carbonyl (C=O) groups is 3. The van der Waals surface area contributed by atoms with Crippen LogP contribution >= 0.6 is 0 Å². The Hall–Kier alpha value is -2.20. The van der Waals surface area contributed by atoms with Gasteiger partial charge in [0.2, 0.25) is 0 Å². The zero-order valence-corrected chi connectivity index (χ0v) is 14.3. The van der Waals surface area contributed by atoms with Crippen molar-refractivity contribution in [3.8, 4) is 0 Å². The lowest BCUT2D eigenvalue weighted by Gasteiger charge is -2.22. The predicted octanol–water partition coefficient (Wildman–Crippen LogP) is 0.493. The molecule has 0 aromatic heterocycles. The van der Waals surface area contributed by atoms with E-state index in [1.807, 2.05) is 0 Å². The van der Waals surface area contributed by atoms with E-state index in [0.29, 0.717) is 6.42 Å². The molecule has 0 aromatic rings. The van der Waals surface area contributed by atoms with Gasteiger partial charge in [0.05, 0.1) is 12.0 Å². The van der Waals surface area contributed by atoms with Crippen molar-refractivity contribution in [3.05, 3.63) is 24.3 Å². The second kappa shape index (κ2) is 9.18. The summed E-state index contributed by atoms with van der Waals surface area (Å²) in [5.41, 5.74) is -0.900. The molecule has 0 radical (unpaired) electrons. The van der Waals surface area contributed by atoms with Gasteiger partial charge in [0, 0.05) is 5.57 Å². The second-order valence-corrected chi connectivity index (χ2v) is 6.57. The van der Waals surface area contributed by atoms with Crippen LogP contribution in [0.4, 0.5) is 0 Å². The minimum absolute atomic E-state index is 0.357. The number of esters is 1. The molecule has 0 aromatic carbocycles. The molecule has 0 aliphatic rings. The molecular formula is C14H21NO8S. The van der Waals surface area contributed by atoms with Crippen LogP contribution in [0.2, 0.25) is 0 Å². The predicted molar refractivity (Wildman–Crippen MR) is 84.4 cm³/mol. The molecule has 10 heteroatoms. The van der Waals surface area contributed by atoms with E-state index in [-0.39, 0.29) is 0 Å². The summed E-state index contributed by atoms with van der Waals surface area (Å²) in [5, 5.41) is 8.95. The van der Waals surface area contributed by atoms with Crippen LogP contribution in [0.15, 0.2) is 24.3 Å². The van der Waals surface area contributed by atoms with Gasteiger partial charge >= 0.3 is 11.9 Å². The van der Waals surface area contributed by atoms with Gasteiger partial charge in [-0.3, -0.25) is 14.1 Å². The van der Waals surface area contributed by atoms with E-state index in [2.05, 4.69) is 23.2 Å². The summed E-state index contributed by atoms with van der Waals surface area (Å²) in [5.74, 6) is -3.83. The number of carboxylic acid groups (broad SMARTS) is 1. The molecule has 0 rings (SSSR count). The number of aliphatic carboxylic acids is 1. The third-order valence-electron chi connectivity index (χ3n) is 3.19. The van der Waals surface area contributed by atoms with Crippen LogP contribution in [0, 0.1) is 5.92 Å². The molecule has 136 valence electrons. The summed E-state index contributed by atoms with van der Waals surface area (Å²) in [6.45, 7) is 9.41. The zero-order chi connectivity index (χ0) is 19.1. The molecule has 0 saturated carbocycles. The SMILES string of the molecule is C=C(C(=C)C(=O)OCCC(=O)O)C(=O)NC(C(C)CC)S(=O)(=O)O. The largest absolute Gasteiger partial charge is 0.481 e. The highest BCUT2D eigenvalue weighted by molar-refractivity contribution is 7.86. The Kier molecular flexibility index (Phi) is 8.34. The average Bonchev–Trinajstić information content (AvgIpc) is 2.48. The fourth-order valence-corrected chi connectivity index (χ4v) is 2.55. The first-order chi connectivity index (χ1) is 10.9. The minimum Gasteiger partial charge on any atom is -0.481 e. The van der Waals surface area contributed by atoms with Crippen LogP contribution in [0.5, 0.6) is 0 Å². The summed E-state index contributed by atoms with van der Waals surface area (Å²) in [7, 11) is -4.56. The standard InChI is InChI=1S/C14H21NO8S/c1-5-8(2)13(24(20,21)22)15-12(18)9(3)10(4)14(19)23-7-6-11(16)17/h8,13H,3-7H2,1-2H3,(H,15,18)(H,16,17)(H,20,21,22).